The summed E-state index contributed by atoms with van der Waals surface area (Å²) in [5.41, 5.74) is 0. The lowest BCUT2D eigenvalue weighted by molar-refractivity contribution is 0.0702. The monoisotopic (exact) mass is 345 g/mol. The number of thiophene rings is 2. The minimum atomic E-state index is -3.70. The Morgan fingerprint density at radius 1 is 1.48 bits per heavy atom. The van der Waals surface area contributed by atoms with E-state index in [0.717, 1.165) is 16.2 Å². The Balaban J connectivity index is 2.16. The average molecular weight is 345 g/mol. The zero-order valence-electron chi connectivity index (χ0n) is 11.5. The second-order valence-corrected chi connectivity index (χ2v) is 8.61. The molecule has 0 aliphatic heterocycles. The Kier molecular flexibility index (Phi) is 4.82. The fourth-order valence-electron chi connectivity index (χ4n) is 1.94. The molecule has 2 aromatic heterocycles. The van der Waals surface area contributed by atoms with Crippen LogP contribution in [0.15, 0.2) is 28.5 Å². The molecule has 2 rings (SSSR count). The predicted octanol–water partition coefficient (Wildman–Crippen LogP) is 2.73. The number of carboxylic acids is 1. The van der Waals surface area contributed by atoms with Crippen LogP contribution in [0.2, 0.25) is 0 Å². The van der Waals surface area contributed by atoms with E-state index in [0.29, 0.717) is 11.3 Å². The van der Waals surface area contributed by atoms with Crippen LogP contribution in [-0.2, 0) is 16.4 Å². The molecular weight excluding hydrogens is 330 g/mol. The quantitative estimate of drug-likeness (QED) is 0.843. The van der Waals surface area contributed by atoms with E-state index in [1.807, 2.05) is 17.5 Å². The van der Waals surface area contributed by atoms with Crippen molar-refractivity contribution in [1.82, 2.24) is 4.72 Å². The van der Waals surface area contributed by atoms with Crippen LogP contribution in [-0.4, -0.2) is 25.5 Å². The maximum Gasteiger partial charge on any atom is 0.345 e. The molecule has 1 atom stereocenters. The van der Waals surface area contributed by atoms with Crippen LogP contribution in [0.1, 0.15) is 26.3 Å². The van der Waals surface area contributed by atoms with Gasteiger partial charge in [-0.1, -0.05) is 6.07 Å². The number of carbonyl (C=O) groups is 1. The number of carboxylic acid groups (broad SMARTS) is 1. The van der Waals surface area contributed by atoms with Gasteiger partial charge in [0.2, 0.25) is 10.0 Å². The predicted molar refractivity (Wildman–Crippen MR) is 83.8 cm³/mol. The van der Waals surface area contributed by atoms with Gasteiger partial charge < -0.3 is 5.11 Å². The van der Waals surface area contributed by atoms with Gasteiger partial charge in [0.15, 0.2) is 0 Å². The third-order valence-corrected chi connectivity index (χ3v) is 6.60. The van der Waals surface area contributed by atoms with Crippen LogP contribution in [0, 0.1) is 6.92 Å². The molecule has 0 radical (unpaired) electrons. The third-order valence-electron chi connectivity index (χ3n) is 2.82. The van der Waals surface area contributed by atoms with Crippen LogP contribution >= 0.6 is 22.7 Å². The van der Waals surface area contributed by atoms with Crippen molar-refractivity contribution in [3.63, 3.8) is 0 Å². The number of sulfonamides is 1. The van der Waals surface area contributed by atoms with E-state index in [1.54, 1.807) is 25.2 Å². The molecule has 0 saturated heterocycles. The van der Waals surface area contributed by atoms with Crippen LogP contribution < -0.4 is 4.72 Å². The molecule has 2 N–H and O–H groups in total. The van der Waals surface area contributed by atoms with E-state index in [1.165, 1.54) is 6.07 Å². The zero-order valence-corrected chi connectivity index (χ0v) is 13.9. The van der Waals surface area contributed by atoms with Crippen molar-refractivity contribution in [3.05, 3.63) is 38.2 Å². The number of hydrogen-bond donors (Lipinski definition) is 2. The van der Waals surface area contributed by atoms with Gasteiger partial charge in [-0.05, 0) is 37.8 Å². The minimum absolute atomic E-state index is 0.0267. The number of rotatable bonds is 6. The first-order valence-corrected chi connectivity index (χ1v) is 9.36. The molecule has 0 bridgehead atoms. The van der Waals surface area contributed by atoms with E-state index in [-0.39, 0.29) is 15.8 Å². The highest BCUT2D eigenvalue weighted by Gasteiger charge is 2.23. The lowest BCUT2D eigenvalue weighted by Crippen LogP contribution is -2.34. The first-order chi connectivity index (χ1) is 9.79. The largest absolute Gasteiger partial charge is 0.477 e. The molecule has 21 heavy (non-hydrogen) atoms. The summed E-state index contributed by atoms with van der Waals surface area (Å²) in [5.74, 6) is -1.11. The topological polar surface area (TPSA) is 83.5 Å². The van der Waals surface area contributed by atoms with Gasteiger partial charge in [0.25, 0.3) is 0 Å². The van der Waals surface area contributed by atoms with Gasteiger partial charge in [-0.15, -0.1) is 22.7 Å². The molecule has 0 aliphatic rings. The normalized spacial score (nSPS) is 13.2. The van der Waals surface area contributed by atoms with Crippen molar-refractivity contribution in [2.75, 3.05) is 0 Å². The second kappa shape index (κ2) is 6.27. The van der Waals surface area contributed by atoms with Crippen molar-refractivity contribution in [2.24, 2.45) is 0 Å². The Hall–Kier alpha value is -1.22. The number of aryl methyl sites for hydroxylation is 1. The summed E-state index contributed by atoms with van der Waals surface area (Å²) in [7, 11) is -3.70. The summed E-state index contributed by atoms with van der Waals surface area (Å²) in [4.78, 5) is 12.6. The number of nitrogens with one attached hydrogen (secondary N) is 1. The Morgan fingerprint density at radius 2 is 2.19 bits per heavy atom. The van der Waals surface area contributed by atoms with E-state index < -0.39 is 16.0 Å². The first-order valence-electron chi connectivity index (χ1n) is 6.18. The van der Waals surface area contributed by atoms with Crippen LogP contribution in [0.5, 0.6) is 0 Å². The molecule has 0 spiro atoms. The van der Waals surface area contributed by atoms with E-state index in [2.05, 4.69) is 4.72 Å². The molecule has 5 nitrogen and oxygen atoms in total. The van der Waals surface area contributed by atoms with Crippen LogP contribution in [0.3, 0.4) is 0 Å². The standard InChI is InChI=1S/C13H15NO4S3/c1-8(6-10-4-3-5-19-10)14-21(17,18)12-7-11(13(15)16)20-9(12)2/h3-5,7-8,14H,6H2,1-2H3,(H,15,16). The molecule has 0 saturated carbocycles. The molecule has 0 aromatic carbocycles. The molecule has 0 fully saturated rings. The lowest BCUT2D eigenvalue weighted by atomic mass is 10.2. The van der Waals surface area contributed by atoms with Gasteiger partial charge in [0.05, 0.1) is 4.90 Å². The van der Waals surface area contributed by atoms with Gasteiger partial charge in [-0.3, -0.25) is 0 Å². The minimum Gasteiger partial charge on any atom is -0.477 e. The summed E-state index contributed by atoms with van der Waals surface area (Å²) in [6.07, 6.45) is 0.603. The molecule has 2 heterocycles. The highest BCUT2D eigenvalue weighted by molar-refractivity contribution is 7.89. The highest BCUT2D eigenvalue weighted by atomic mass is 32.2. The summed E-state index contributed by atoms with van der Waals surface area (Å²) >= 11 is 2.54. The summed E-state index contributed by atoms with van der Waals surface area (Å²) in [6.45, 7) is 3.40. The summed E-state index contributed by atoms with van der Waals surface area (Å²) < 4.78 is 27.3. The molecule has 0 amide bonds. The van der Waals surface area contributed by atoms with E-state index in [9.17, 15) is 13.2 Å². The van der Waals surface area contributed by atoms with Crippen molar-refractivity contribution in [1.29, 1.82) is 0 Å². The number of hydrogen-bond acceptors (Lipinski definition) is 5. The Labute approximate surface area is 131 Å². The maximum atomic E-state index is 12.3. The molecule has 8 heteroatoms. The zero-order chi connectivity index (χ0) is 15.6. The summed E-state index contributed by atoms with van der Waals surface area (Å²) in [5, 5.41) is 10.9. The van der Waals surface area contributed by atoms with Gasteiger partial charge in [0, 0.05) is 15.8 Å². The molecule has 1 unspecified atom stereocenters. The first kappa shape index (κ1) is 16.2. The highest BCUT2D eigenvalue weighted by Crippen LogP contribution is 2.26. The Morgan fingerprint density at radius 3 is 2.71 bits per heavy atom. The molecule has 114 valence electrons. The van der Waals surface area contributed by atoms with Gasteiger partial charge in [-0.25, -0.2) is 17.9 Å². The van der Waals surface area contributed by atoms with Crippen molar-refractivity contribution in [3.8, 4) is 0 Å². The van der Waals surface area contributed by atoms with E-state index >= 15 is 0 Å². The van der Waals surface area contributed by atoms with Crippen molar-refractivity contribution < 1.29 is 18.3 Å². The lowest BCUT2D eigenvalue weighted by Gasteiger charge is -2.13. The van der Waals surface area contributed by atoms with Gasteiger partial charge in [0.1, 0.15) is 4.88 Å². The van der Waals surface area contributed by atoms with Crippen LogP contribution in [0.25, 0.3) is 0 Å². The number of aromatic carboxylic acids is 1. The fourth-order valence-corrected chi connectivity index (χ4v) is 5.45. The Bertz CT molecular complexity index is 732. The van der Waals surface area contributed by atoms with Gasteiger partial charge in [-0.2, -0.15) is 0 Å². The van der Waals surface area contributed by atoms with Crippen molar-refractivity contribution in [2.45, 2.75) is 31.2 Å². The average Bonchev–Trinajstić information content (AvgIpc) is 2.97. The SMILES string of the molecule is Cc1sc(C(=O)O)cc1S(=O)(=O)NC(C)Cc1cccs1. The molecular formula is C13H15NO4S3. The maximum absolute atomic E-state index is 12.3. The smallest absolute Gasteiger partial charge is 0.345 e. The summed E-state index contributed by atoms with van der Waals surface area (Å²) in [6, 6.07) is 4.82. The van der Waals surface area contributed by atoms with Gasteiger partial charge >= 0.3 is 5.97 Å². The second-order valence-electron chi connectivity index (χ2n) is 4.64. The fraction of sp³-hybridized carbons (Fsp3) is 0.308. The van der Waals surface area contributed by atoms with E-state index in [4.69, 9.17) is 5.11 Å². The van der Waals surface area contributed by atoms with Crippen molar-refractivity contribution >= 4 is 38.7 Å². The molecule has 2 aromatic rings. The van der Waals surface area contributed by atoms with Crippen LogP contribution in [0.4, 0.5) is 0 Å². The molecule has 0 aliphatic carbocycles. The third kappa shape index (κ3) is 3.91.